The van der Waals surface area contributed by atoms with E-state index in [0.29, 0.717) is 11.1 Å². The summed E-state index contributed by atoms with van der Waals surface area (Å²) in [5.74, 6) is 2.64. The highest BCUT2D eigenvalue weighted by molar-refractivity contribution is 7.99. The molecule has 1 saturated heterocycles. The molecule has 1 unspecified atom stereocenters. The van der Waals surface area contributed by atoms with Crippen molar-refractivity contribution in [2.75, 3.05) is 5.75 Å². The number of nitrogens with zero attached hydrogens (tertiary/aromatic N) is 2. The summed E-state index contributed by atoms with van der Waals surface area (Å²) in [7, 11) is 0. The molecule has 1 aliphatic heterocycles. The zero-order valence-electron chi connectivity index (χ0n) is 9.69. The summed E-state index contributed by atoms with van der Waals surface area (Å²) in [5.41, 5.74) is 5.95. The molecule has 1 fully saturated rings. The predicted octanol–water partition coefficient (Wildman–Crippen LogP) is 2.83. The molecule has 0 aliphatic carbocycles. The Kier molecular flexibility index (Phi) is 4.23. The summed E-state index contributed by atoms with van der Waals surface area (Å²) in [6, 6.07) is -0.0974. The van der Waals surface area contributed by atoms with Gasteiger partial charge in [-0.15, -0.1) is 0 Å². The van der Waals surface area contributed by atoms with E-state index >= 15 is 0 Å². The maximum absolute atomic E-state index is 5.95. The van der Waals surface area contributed by atoms with Gasteiger partial charge in [0.15, 0.2) is 5.82 Å². The summed E-state index contributed by atoms with van der Waals surface area (Å²) < 4.78 is 5.23. The van der Waals surface area contributed by atoms with Crippen molar-refractivity contribution in [3.63, 3.8) is 0 Å². The summed E-state index contributed by atoms with van der Waals surface area (Å²) in [6.07, 6.45) is 5.67. The third-order valence-corrected chi connectivity index (χ3v) is 4.22. The van der Waals surface area contributed by atoms with Crippen molar-refractivity contribution in [1.82, 2.24) is 10.1 Å². The molecule has 90 valence electrons. The third-order valence-electron chi connectivity index (χ3n) is 2.84. The number of nitrogens with two attached hydrogens (primary N) is 1. The average molecular weight is 241 g/mol. The molecule has 0 saturated carbocycles. The van der Waals surface area contributed by atoms with Gasteiger partial charge in [-0.05, 0) is 25.0 Å². The zero-order chi connectivity index (χ0) is 11.4. The molecule has 0 aromatic carbocycles. The molecule has 1 aromatic heterocycles. The first-order valence-electron chi connectivity index (χ1n) is 6.02. The van der Waals surface area contributed by atoms with Crippen molar-refractivity contribution in [3.05, 3.63) is 11.7 Å². The molecule has 4 nitrogen and oxygen atoms in total. The molecule has 1 aliphatic rings. The fraction of sp³-hybridized carbons (Fsp3) is 0.818. The maximum atomic E-state index is 5.95. The lowest BCUT2D eigenvalue weighted by atomic mass is 10.1. The maximum Gasteiger partial charge on any atom is 0.243 e. The van der Waals surface area contributed by atoms with E-state index < -0.39 is 0 Å². The Labute approximate surface area is 100 Å². The van der Waals surface area contributed by atoms with Crippen molar-refractivity contribution in [3.8, 4) is 0 Å². The minimum Gasteiger partial charge on any atom is -0.338 e. The van der Waals surface area contributed by atoms with E-state index in [1.54, 1.807) is 0 Å². The Morgan fingerprint density at radius 2 is 2.44 bits per heavy atom. The highest BCUT2D eigenvalue weighted by Gasteiger charge is 2.22. The van der Waals surface area contributed by atoms with E-state index in [-0.39, 0.29) is 6.04 Å². The van der Waals surface area contributed by atoms with Gasteiger partial charge in [-0.1, -0.05) is 24.9 Å². The third kappa shape index (κ3) is 2.77. The van der Waals surface area contributed by atoms with Crippen LogP contribution in [0.5, 0.6) is 0 Å². The Balaban J connectivity index is 2.00. The summed E-state index contributed by atoms with van der Waals surface area (Å²) >= 11 is 1.93. The van der Waals surface area contributed by atoms with Gasteiger partial charge in [0.05, 0.1) is 11.3 Å². The lowest BCUT2D eigenvalue weighted by Crippen LogP contribution is -2.10. The smallest absolute Gasteiger partial charge is 0.243 e. The monoisotopic (exact) mass is 241 g/mol. The number of rotatable bonds is 4. The van der Waals surface area contributed by atoms with Crippen molar-refractivity contribution in [2.45, 2.75) is 50.3 Å². The topological polar surface area (TPSA) is 64.9 Å². The van der Waals surface area contributed by atoms with Crippen LogP contribution < -0.4 is 5.73 Å². The van der Waals surface area contributed by atoms with Gasteiger partial charge in [0.25, 0.3) is 0 Å². The largest absolute Gasteiger partial charge is 0.338 e. The van der Waals surface area contributed by atoms with Crippen LogP contribution in [0, 0.1) is 0 Å². The first kappa shape index (κ1) is 11.9. The summed E-state index contributed by atoms with van der Waals surface area (Å²) in [4.78, 5) is 4.43. The molecule has 5 heteroatoms. The number of thioether (sulfide) groups is 1. The van der Waals surface area contributed by atoms with Crippen LogP contribution >= 0.6 is 11.8 Å². The second-order valence-corrected chi connectivity index (χ2v) is 5.55. The van der Waals surface area contributed by atoms with Crippen molar-refractivity contribution < 1.29 is 4.52 Å². The van der Waals surface area contributed by atoms with E-state index in [0.717, 1.165) is 25.1 Å². The highest BCUT2D eigenvalue weighted by atomic mass is 32.2. The minimum atomic E-state index is -0.0974. The van der Waals surface area contributed by atoms with Gasteiger partial charge in [-0.3, -0.25) is 0 Å². The molecule has 2 rings (SSSR count). The molecule has 0 amide bonds. The Morgan fingerprint density at radius 1 is 1.56 bits per heavy atom. The molecule has 0 radical (unpaired) electrons. The molecule has 2 N–H and O–H groups in total. The van der Waals surface area contributed by atoms with Gasteiger partial charge in [-0.2, -0.15) is 16.7 Å². The van der Waals surface area contributed by atoms with E-state index in [1.807, 2.05) is 11.8 Å². The van der Waals surface area contributed by atoms with Crippen LogP contribution in [-0.2, 0) is 0 Å². The van der Waals surface area contributed by atoms with Crippen molar-refractivity contribution >= 4 is 11.8 Å². The van der Waals surface area contributed by atoms with E-state index in [1.165, 1.54) is 18.6 Å². The van der Waals surface area contributed by atoms with Crippen LogP contribution in [0.1, 0.15) is 62.0 Å². The van der Waals surface area contributed by atoms with Crippen LogP contribution in [0.3, 0.4) is 0 Å². The van der Waals surface area contributed by atoms with Crippen LogP contribution in [0.25, 0.3) is 0 Å². The fourth-order valence-corrected chi connectivity index (χ4v) is 3.14. The van der Waals surface area contributed by atoms with Crippen LogP contribution in [-0.4, -0.2) is 15.9 Å². The highest BCUT2D eigenvalue weighted by Crippen LogP contribution is 2.36. The summed E-state index contributed by atoms with van der Waals surface area (Å²) in [6.45, 7) is 2.11. The molecule has 1 aromatic rings. The molecular weight excluding hydrogens is 222 g/mol. The molecule has 2 atom stereocenters. The lowest BCUT2D eigenvalue weighted by molar-refractivity contribution is 0.343. The van der Waals surface area contributed by atoms with Crippen LogP contribution in [0.15, 0.2) is 4.52 Å². The van der Waals surface area contributed by atoms with Crippen LogP contribution in [0.4, 0.5) is 0 Å². The van der Waals surface area contributed by atoms with Crippen molar-refractivity contribution in [2.24, 2.45) is 5.73 Å². The lowest BCUT2D eigenvalue weighted by Gasteiger charge is -2.17. The predicted molar refractivity (Wildman–Crippen MR) is 65.2 cm³/mol. The number of aromatic nitrogens is 2. The standard InChI is InChI=1S/C11H19N3OS/c1-2-5-8(12)11-13-10(14-15-11)9-6-3-4-7-16-9/h8-9H,2-7,12H2,1H3/t8-,9?/m1/s1. The van der Waals surface area contributed by atoms with E-state index in [2.05, 4.69) is 17.1 Å². The summed E-state index contributed by atoms with van der Waals surface area (Å²) in [5, 5.41) is 4.47. The average Bonchev–Trinajstić information content (AvgIpc) is 2.80. The van der Waals surface area contributed by atoms with Gasteiger partial charge in [0, 0.05) is 0 Å². The molecule has 16 heavy (non-hydrogen) atoms. The normalized spacial score (nSPS) is 23.2. The van der Waals surface area contributed by atoms with Gasteiger partial charge < -0.3 is 10.3 Å². The van der Waals surface area contributed by atoms with Gasteiger partial charge in [-0.25, -0.2) is 0 Å². The van der Waals surface area contributed by atoms with Gasteiger partial charge in [0.2, 0.25) is 5.89 Å². The molecular formula is C11H19N3OS. The number of hydrogen-bond acceptors (Lipinski definition) is 5. The quantitative estimate of drug-likeness (QED) is 0.878. The van der Waals surface area contributed by atoms with E-state index in [9.17, 15) is 0 Å². The minimum absolute atomic E-state index is 0.0974. The van der Waals surface area contributed by atoms with E-state index in [4.69, 9.17) is 10.3 Å². The van der Waals surface area contributed by atoms with Gasteiger partial charge >= 0.3 is 0 Å². The van der Waals surface area contributed by atoms with Gasteiger partial charge in [0.1, 0.15) is 0 Å². The Hall–Kier alpha value is -0.550. The first-order chi connectivity index (χ1) is 7.81. The Morgan fingerprint density at radius 3 is 3.12 bits per heavy atom. The fourth-order valence-electron chi connectivity index (χ4n) is 1.91. The first-order valence-corrected chi connectivity index (χ1v) is 7.06. The second kappa shape index (κ2) is 5.68. The number of hydrogen-bond donors (Lipinski definition) is 1. The molecule has 0 spiro atoms. The molecule has 0 bridgehead atoms. The zero-order valence-corrected chi connectivity index (χ0v) is 10.5. The Bertz CT molecular complexity index is 323. The molecule has 2 heterocycles. The van der Waals surface area contributed by atoms with Crippen molar-refractivity contribution in [1.29, 1.82) is 0 Å². The second-order valence-electron chi connectivity index (χ2n) is 4.24. The van der Waals surface area contributed by atoms with Crippen LogP contribution in [0.2, 0.25) is 0 Å². The SMILES string of the molecule is CCC[C@@H](N)c1nc(C2CCCCS2)no1.